The molecule has 110 valence electrons. The number of rotatable bonds is 7. The molecule has 4 N–H and O–H groups in total. The highest BCUT2D eigenvalue weighted by molar-refractivity contribution is 5.83. The Balaban J connectivity index is 2.31. The summed E-state index contributed by atoms with van der Waals surface area (Å²) >= 11 is 0. The number of carbonyl (C=O) groups excluding carboxylic acids is 2. The second-order valence-corrected chi connectivity index (χ2v) is 4.81. The highest BCUT2D eigenvalue weighted by atomic mass is 16.2. The van der Waals surface area contributed by atoms with E-state index in [4.69, 9.17) is 5.73 Å². The first kappa shape index (κ1) is 16.2. The van der Waals surface area contributed by atoms with Gasteiger partial charge in [-0.15, -0.1) is 0 Å². The third-order valence-corrected chi connectivity index (χ3v) is 3.11. The summed E-state index contributed by atoms with van der Waals surface area (Å²) in [5, 5.41) is 5.52. The normalized spacial score (nSPS) is 13.3. The standard InChI is InChI=1S/C15H23N3O2/c1-3-11(2)18-13(19)9-10-17-15(20)14(16)12-7-5-4-6-8-12/h4-8,11,14H,3,9-10,16H2,1-2H3,(H,17,20)(H,18,19). The summed E-state index contributed by atoms with van der Waals surface area (Å²) in [7, 11) is 0. The Morgan fingerprint density at radius 3 is 2.50 bits per heavy atom. The molecule has 0 bridgehead atoms. The first-order valence-electron chi connectivity index (χ1n) is 6.92. The Morgan fingerprint density at radius 1 is 1.25 bits per heavy atom. The molecule has 2 amide bonds. The first-order valence-corrected chi connectivity index (χ1v) is 6.92. The molecule has 0 saturated carbocycles. The number of benzene rings is 1. The van der Waals surface area contributed by atoms with Crippen LogP contribution in [0.25, 0.3) is 0 Å². The summed E-state index contributed by atoms with van der Waals surface area (Å²) in [6.45, 7) is 4.25. The van der Waals surface area contributed by atoms with Crippen LogP contribution in [0.15, 0.2) is 30.3 Å². The van der Waals surface area contributed by atoms with Crippen LogP contribution in [0.4, 0.5) is 0 Å². The van der Waals surface area contributed by atoms with Crippen LogP contribution in [0.3, 0.4) is 0 Å². The molecule has 2 unspecified atom stereocenters. The van der Waals surface area contributed by atoms with E-state index in [1.54, 1.807) is 12.1 Å². The monoisotopic (exact) mass is 277 g/mol. The van der Waals surface area contributed by atoms with Crippen molar-refractivity contribution in [2.24, 2.45) is 5.73 Å². The van der Waals surface area contributed by atoms with E-state index in [-0.39, 0.29) is 24.3 Å². The molecule has 1 aromatic rings. The van der Waals surface area contributed by atoms with Crippen molar-refractivity contribution >= 4 is 11.8 Å². The van der Waals surface area contributed by atoms with E-state index in [2.05, 4.69) is 10.6 Å². The molecule has 1 aromatic carbocycles. The summed E-state index contributed by atoms with van der Waals surface area (Å²) in [6.07, 6.45) is 1.15. The van der Waals surface area contributed by atoms with Crippen molar-refractivity contribution in [3.05, 3.63) is 35.9 Å². The van der Waals surface area contributed by atoms with Gasteiger partial charge in [0.25, 0.3) is 0 Å². The SMILES string of the molecule is CCC(C)NC(=O)CCNC(=O)C(N)c1ccccc1. The summed E-state index contributed by atoms with van der Waals surface area (Å²) in [6, 6.07) is 8.61. The van der Waals surface area contributed by atoms with Gasteiger partial charge in [-0.2, -0.15) is 0 Å². The van der Waals surface area contributed by atoms with E-state index in [0.717, 1.165) is 12.0 Å². The lowest BCUT2D eigenvalue weighted by molar-refractivity contribution is -0.123. The van der Waals surface area contributed by atoms with Crippen molar-refractivity contribution in [3.63, 3.8) is 0 Å². The third-order valence-electron chi connectivity index (χ3n) is 3.11. The van der Waals surface area contributed by atoms with Gasteiger partial charge in [0.05, 0.1) is 0 Å². The predicted molar refractivity (Wildman–Crippen MR) is 78.9 cm³/mol. The van der Waals surface area contributed by atoms with E-state index in [0.29, 0.717) is 6.54 Å². The van der Waals surface area contributed by atoms with E-state index < -0.39 is 6.04 Å². The Morgan fingerprint density at radius 2 is 1.90 bits per heavy atom. The highest BCUT2D eigenvalue weighted by Gasteiger charge is 2.15. The van der Waals surface area contributed by atoms with Gasteiger partial charge in [0.2, 0.25) is 11.8 Å². The van der Waals surface area contributed by atoms with Gasteiger partial charge < -0.3 is 16.4 Å². The summed E-state index contributed by atoms with van der Waals surface area (Å²) in [5.74, 6) is -0.333. The van der Waals surface area contributed by atoms with Gasteiger partial charge in [-0.3, -0.25) is 9.59 Å². The lowest BCUT2D eigenvalue weighted by atomic mass is 10.1. The highest BCUT2D eigenvalue weighted by Crippen LogP contribution is 2.08. The molecule has 0 radical (unpaired) electrons. The molecule has 0 saturated heterocycles. The molecule has 1 rings (SSSR count). The summed E-state index contributed by atoms with van der Waals surface area (Å²) in [5.41, 5.74) is 6.60. The zero-order chi connectivity index (χ0) is 15.0. The topological polar surface area (TPSA) is 84.2 Å². The molecule has 0 aromatic heterocycles. The number of hydrogen-bond donors (Lipinski definition) is 3. The maximum atomic E-state index is 11.8. The molecule has 0 heterocycles. The Kier molecular flexibility index (Phi) is 6.73. The molecule has 0 aliphatic heterocycles. The maximum Gasteiger partial charge on any atom is 0.241 e. The lowest BCUT2D eigenvalue weighted by Gasteiger charge is -2.14. The summed E-state index contributed by atoms with van der Waals surface area (Å²) < 4.78 is 0. The molecule has 5 heteroatoms. The zero-order valence-electron chi connectivity index (χ0n) is 12.1. The Bertz CT molecular complexity index is 434. The molecule has 5 nitrogen and oxygen atoms in total. The van der Waals surface area contributed by atoms with Crippen LogP contribution in [0.1, 0.15) is 38.3 Å². The van der Waals surface area contributed by atoms with Crippen molar-refractivity contribution < 1.29 is 9.59 Å². The number of carbonyl (C=O) groups is 2. The number of hydrogen-bond acceptors (Lipinski definition) is 3. The van der Waals surface area contributed by atoms with Crippen molar-refractivity contribution in [2.75, 3.05) is 6.54 Å². The fourth-order valence-corrected chi connectivity index (χ4v) is 1.67. The van der Waals surface area contributed by atoms with Crippen LogP contribution in [0.2, 0.25) is 0 Å². The molecule has 0 aliphatic carbocycles. The predicted octanol–water partition coefficient (Wildman–Crippen LogP) is 1.11. The maximum absolute atomic E-state index is 11.8. The second-order valence-electron chi connectivity index (χ2n) is 4.81. The Labute approximate surface area is 119 Å². The van der Waals surface area contributed by atoms with Crippen molar-refractivity contribution in [1.82, 2.24) is 10.6 Å². The largest absolute Gasteiger partial charge is 0.354 e. The molecule has 20 heavy (non-hydrogen) atoms. The minimum absolute atomic E-state index is 0.0621. The van der Waals surface area contributed by atoms with Gasteiger partial charge in [-0.1, -0.05) is 37.3 Å². The van der Waals surface area contributed by atoms with Crippen LogP contribution < -0.4 is 16.4 Å². The number of amides is 2. The van der Waals surface area contributed by atoms with E-state index in [1.807, 2.05) is 32.0 Å². The van der Waals surface area contributed by atoms with Gasteiger partial charge >= 0.3 is 0 Å². The summed E-state index contributed by atoms with van der Waals surface area (Å²) in [4.78, 5) is 23.4. The molecule has 0 spiro atoms. The number of nitrogens with one attached hydrogen (secondary N) is 2. The van der Waals surface area contributed by atoms with Crippen molar-refractivity contribution in [1.29, 1.82) is 0 Å². The van der Waals surface area contributed by atoms with E-state index in [1.165, 1.54) is 0 Å². The van der Waals surface area contributed by atoms with Crippen LogP contribution in [0, 0.1) is 0 Å². The molecular weight excluding hydrogens is 254 g/mol. The minimum Gasteiger partial charge on any atom is -0.354 e. The number of nitrogens with two attached hydrogens (primary N) is 1. The fraction of sp³-hybridized carbons (Fsp3) is 0.467. The van der Waals surface area contributed by atoms with Crippen molar-refractivity contribution in [2.45, 2.75) is 38.8 Å². The molecule has 0 aliphatic rings. The Hall–Kier alpha value is -1.88. The van der Waals surface area contributed by atoms with Crippen LogP contribution >= 0.6 is 0 Å². The average Bonchev–Trinajstić information content (AvgIpc) is 2.47. The van der Waals surface area contributed by atoms with Crippen LogP contribution in [0.5, 0.6) is 0 Å². The molecular formula is C15H23N3O2. The van der Waals surface area contributed by atoms with Crippen LogP contribution in [-0.4, -0.2) is 24.4 Å². The van der Waals surface area contributed by atoms with E-state index in [9.17, 15) is 9.59 Å². The molecule has 0 fully saturated rings. The fourth-order valence-electron chi connectivity index (χ4n) is 1.67. The second kappa shape index (κ2) is 8.32. The van der Waals surface area contributed by atoms with Crippen molar-refractivity contribution in [3.8, 4) is 0 Å². The lowest BCUT2D eigenvalue weighted by Crippen LogP contribution is -2.38. The van der Waals surface area contributed by atoms with E-state index >= 15 is 0 Å². The average molecular weight is 277 g/mol. The molecule has 2 atom stereocenters. The smallest absolute Gasteiger partial charge is 0.241 e. The van der Waals surface area contributed by atoms with Gasteiger partial charge in [0.15, 0.2) is 0 Å². The van der Waals surface area contributed by atoms with Gasteiger partial charge in [-0.05, 0) is 18.9 Å². The quantitative estimate of drug-likeness (QED) is 0.698. The zero-order valence-corrected chi connectivity index (χ0v) is 12.1. The minimum atomic E-state index is -0.700. The van der Waals surface area contributed by atoms with Gasteiger partial charge in [0, 0.05) is 19.0 Å². The van der Waals surface area contributed by atoms with Gasteiger partial charge in [-0.25, -0.2) is 0 Å². The third kappa shape index (κ3) is 5.40. The van der Waals surface area contributed by atoms with Crippen LogP contribution in [-0.2, 0) is 9.59 Å². The first-order chi connectivity index (χ1) is 9.54. The van der Waals surface area contributed by atoms with Gasteiger partial charge in [0.1, 0.15) is 6.04 Å².